The second-order valence-electron chi connectivity index (χ2n) is 4.44. The Labute approximate surface area is 114 Å². The molecule has 0 unspecified atom stereocenters. The van der Waals surface area contributed by atoms with E-state index in [-0.39, 0.29) is 5.82 Å². The second-order valence-corrected chi connectivity index (χ2v) is 5.46. The number of allylic oxidation sites excluding steroid dienone is 2. The van der Waals surface area contributed by atoms with Gasteiger partial charge in [0.05, 0.1) is 15.1 Å². The number of hydrogen-bond acceptors (Lipinski definition) is 2. The van der Waals surface area contributed by atoms with E-state index in [0.29, 0.717) is 10.3 Å². The molecule has 3 rings (SSSR count). The number of aromatic nitrogens is 1. The molecule has 94 valence electrons. The van der Waals surface area contributed by atoms with Crippen molar-refractivity contribution in [2.24, 2.45) is 0 Å². The maximum Gasteiger partial charge on any atom is 0.143 e. The van der Waals surface area contributed by atoms with Crippen LogP contribution in [0.5, 0.6) is 0 Å². The molecule has 3 aromatic rings. The van der Waals surface area contributed by atoms with Crippen LogP contribution in [0.2, 0.25) is 0 Å². The van der Waals surface area contributed by atoms with E-state index in [0.717, 1.165) is 26.7 Å². The van der Waals surface area contributed by atoms with Crippen molar-refractivity contribution in [3.8, 4) is 0 Å². The number of pyridine rings is 1. The topological polar surface area (TPSA) is 12.9 Å². The van der Waals surface area contributed by atoms with Crippen LogP contribution in [0.1, 0.15) is 11.3 Å². The third-order valence-corrected chi connectivity index (χ3v) is 4.46. The van der Waals surface area contributed by atoms with Crippen molar-refractivity contribution >= 4 is 37.1 Å². The first-order chi connectivity index (χ1) is 9.13. The summed E-state index contributed by atoms with van der Waals surface area (Å²) < 4.78 is 15.8. The van der Waals surface area contributed by atoms with Crippen molar-refractivity contribution in [1.29, 1.82) is 0 Å². The fraction of sp³-hybridized carbons (Fsp3) is 0.0625. The highest BCUT2D eigenvalue weighted by molar-refractivity contribution is 7.26. The van der Waals surface area contributed by atoms with Crippen LogP contribution in [0.4, 0.5) is 4.39 Å². The van der Waals surface area contributed by atoms with Gasteiger partial charge in [-0.2, -0.15) is 0 Å². The third kappa shape index (κ3) is 1.70. The van der Waals surface area contributed by atoms with Crippen LogP contribution in [0.15, 0.2) is 43.6 Å². The van der Waals surface area contributed by atoms with Crippen LogP contribution in [-0.2, 0) is 0 Å². The van der Waals surface area contributed by atoms with Gasteiger partial charge in [-0.3, -0.25) is 4.98 Å². The van der Waals surface area contributed by atoms with E-state index in [9.17, 15) is 4.39 Å². The predicted molar refractivity (Wildman–Crippen MR) is 81.1 cm³/mol. The molecule has 19 heavy (non-hydrogen) atoms. The minimum Gasteiger partial charge on any atom is -0.255 e. The van der Waals surface area contributed by atoms with Gasteiger partial charge in [-0.1, -0.05) is 31.4 Å². The van der Waals surface area contributed by atoms with E-state index in [4.69, 9.17) is 0 Å². The summed E-state index contributed by atoms with van der Waals surface area (Å²) in [6, 6.07) is 5.70. The van der Waals surface area contributed by atoms with E-state index in [1.54, 1.807) is 19.2 Å². The first-order valence-corrected chi connectivity index (χ1v) is 6.73. The van der Waals surface area contributed by atoms with Gasteiger partial charge >= 0.3 is 0 Å². The number of nitrogens with zero attached hydrogens (tertiary/aromatic N) is 1. The third-order valence-electron chi connectivity index (χ3n) is 3.24. The Balaban J connectivity index is 2.49. The zero-order valence-corrected chi connectivity index (χ0v) is 11.4. The van der Waals surface area contributed by atoms with Crippen LogP contribution < -0.4 is 0 Å². The number of fused-ring (bicyclic) bond motifs is 3. The van der Waals surface area contributed by atoms with E-state index >= 15 is 0 Å². The molecule has 0 fully saturated rings. The van der Waals surface area contributed by atoms with Crippen LogP contribution in [0.3, 0.4) is 0 Å². The molecular formula is C16H12FNS. The number of aryl methyl sites for hydroxylation is 1. The molecule has 0 aliphatic carbocycles. The molecule has 0 saturated carbocycles. The van der Waals surface area contributed by atoms with Crippen molar-refractivity contribution in [2.45, 2.75) is 6.92 Å². The van der Waals surface area contributed by atoms with E-state index in [1.807, 2.05) is 18.2 Å². The van der Waals surface area contributed by atoms with Crippen LogP contribution >= 0.6 is 11.3 Å². The number of thiophene rings is 1. The molecule has 0 amide bonds. The summed E-state index contributed by atoms with van der Waals surface area (Å²) in [7, 11) is 0. The molecule has 2 heterocycles. The number of rotatable bonds is 2. The zero-order chi connectivity index (χ0) is 13.6. The lowest BCUT2D eigenvalue weighted by Gasteiger charge is -2.00. The number of hydrogen-bond donors (Lipinski definition) is 0. The first-order valence-electron chi connectivity index (χ1n) is 5.91. The molecule has 0 radical (unpaired) electrons. The molecule has 3 heteroatoms. The summed E-state index contributed by atoms with van der Waals surface area (Å²) in [6.45, 7) is 9.44. The Kier molecular flexibility index (Phi) is 2.72. The maximum absolute atomic E-state index is 14.2. The Morgan fingerprint density at radius 3 is 2.74 bits per heavy atom. The normalized spacial score (nSPS) is 11.1. The van der Waals surface area contributed by atoms with Crippen molar-refractivity contribution < 1.29 is 4.39 Å². The number of halogens is 1. The summed E-state index contributed by atoms with van der Waals surface area (Å²) >= 11 is 1.43. The average molecular weight is 269 g/mol. The largest absolute Gasteiger partial charge is 0.255 e. The van der Waals surface area contributed by atoms with Crippen LogP contribution in [-0.4, -0.2) is 4.98 Å². The predicted octanol–water partition coefficient (Wildman–Crippen LogP) is 5.10. The Morgan fingerprint density at radius 2 is 2.00 bits per heavy atom. The van der Waals surface area contributed by atoms with Gasteiger partial charge in [0, 0.05) is 17.0 Å². The van der Waals surface area contributed by atoms with Crippen LogP contribution in [0, 0.1) is 12.7 Å². The molecule has 0 N–H and O–H groups in total. The molecule has 0 aliphatic rings. The molecular weight excluding hydrogens is 257 g/mol. The van der Waals surface area contributed by atoms with Crippen LogP contribution in [0.25, 0.3) is 25.7 Å². The fourth-order valence-corrected chi connectivity index (χ4v) is 3.47. The average Bonchev–Trinajstić information content (AvgIpc) is 2.81. The maximum atomic E-state index is 14.2. The van der Waals surface area contributed by atoms with Gasteiger partial charge in [0.2, 0.25) is 0 Å². The Bertz CT molecular complexity index is 829. The van der Waals surface area contributed by atoms with E-state index in [2.05, 4.69) is 18.1 Å². The lowest BCUT2D eigenvalue weighted by Crippen LogP contribution is -1.84. The van der Waals surface area contributed by atoms with Crippen molar-refractivity contribution in [3.63, 3.8) is 0 Å². The minimum absolute atomic E-state index is 0.145. The monoisotopic (exact) mass is 269 g/mol. The van der Waals surface area contributed by atoms with Crippen molar-refractivity contribution in [3.05, 3.63) is 60.7 Å². The minimum atomic E-state index is -0.145. The van der Waals surface area contributed by atoms with Gasteiger partial charge in [-0.15, -0.1) is 11.3 Å². The smallest absolute Gasteiger partial charge is 0.143 e. The molecule has 0 saturated heterocycles. The summed E-state index contributed by atoms with van der Waals surface area (Å²) in [6.07, 6.45) is 3.41. The first kappa shape index (κ1) is 12.1. The zero-order valence-electron chi connectivity index (χ0n) is 10.5. The van der Waals surface area contributed by atoms with Gasteiger partial charge in [0.15, 0.2) is 0 Å². The summed E-state index contributed by atoms with van der Waals surface area (Å²) in [5.74, 6) is -0.145. The van der Waals surface area contributed by atoms with Gasteiger partial charge in [0.1, 0.15) is 5.82 Å². The highest BCUT2D eigenvalue weighted by Gasteiger charge is 2.14. The van der Waals surface area contributed by atoms with Gasteiger partial charge in [-0.05, 0) is 24.1 Å². The van der Waals surface area contributed by atoms with Gasteiger partial charge in [-0.25, -0.2) is 4.39 Å². The lowest BCUT2D eigenvalue weighted by molar-refractivity contribution is 0.632. The molecule has 0 spiro atoms. The summed E-state index contributed by atoms with van der Waals surface area (Å²) in [5.41, 5.74) is 2.20. The molecule has 0 atom stereocenters. The quantitative estimate of drug-likeness (QED) is 0.590. The molecule has 1 aromatic carbocycles. The molecule has 2 aromatic heterocycles. The van der Waals surface area contributed by atoms with Gasteiger partial charge in [0.25, 0.3) is 0 Å². The fourth-order valence-electron chi connectivity index (χ4n) is 2.16. The Hall–Kier alpha value is -2.00. The van der Waals surface area contributed by atoms with E-state index < -0.39 is 0 Å². The van der Waals surface area contributed by atoms with Gasteiger partial charge < -0.3 is 0 Å². The molecule has 0 bridgehead atoms. The second kappa shape index (κ2) is 4.28. The molecule has 0 aliphatic heterocycles. The lowest BCUT2D eigenvalue weighted by atomic mass is 10.1. The Morgan fingerprint density at radius 1 is 1.26 bits per heavy atom. The van der Waals surface area contributed by atoms with E-state index in [1.165, 1.54) is 11.3 Å². The summed E-state index contributed by atoms with van der Waals surface area (Å²) in [5, 5.41) is 1.95. The number of benzene rings is 1. The highest BCUT2D eigenvalue weighted by atomic mass is 32.1. The molecule has 1 nitrogen and oxygen atoms in total. The van der Waals surface area contributed by atoms with Crippen molar-refractivity contribution in [1.82, 2.24) is 4.98 Å². The summed E-state index contributed by atoms with van der Waals surface area (Å²) in [4.78, 5) is 4.34. The van der Waals surface area contributed by atoms with Crippen molar-refractivity contribution in [2.75, 3.05) is 0 Å². The standard InChI is InChI=1S/C16H12FNS/c1-4-9(2)14-16-12(7-8-18-14)11-6-5-10(3)13(17)15(11)19-16/h4-8H,1-2H2,3H3. The SMILES string of the molecule is C=CC(=C)c1nccc2c1sc1c(F)c(C)ccc12. The highest BCUT2D eigenvalue weighted by Crippen LogP contribution is 2.38.